The second-order valence-electron chi connectivity index (χ2n) is 15.4. The van der Waals surface area contributed by atoms with Crippen LogP contribution in [0.4, 0.5) is 13.6 Å². The zero-order valence-corrected chi connectivity index (χ0v) is 30.6. The summed E-state index contributed by atoms with van der Waals surface area (Å²) in [5.41, 5.74) is -0.179. The molecule has 286 valence electrons. The molecule has 5 atom stereocenters. The highest BCUT2D eigenvalue weighted by Gasteiger charge is 2.64. The van der Waals surface area contributed by atoms with E-state index in [1.807, 2.05) is 43.3 Å². The predicted octanol–water partition coefficient (Wildman–Crippen LogP) is 3.96. The van der Waals surface area contributed by atoms with E-state index in [0.29, 0.717) is 62.8 Å². The van der Waals surface area contributed by atoms with Crippen molar-refractivity contribution < 1.29 is 45.9 Å². The number of allylic oxidation sites excluding steroid dienone is 1. The van der Waals surface area contributed by atoms with Crippen LogP contribution in [-0.4, -0.2) is 89.7 Å². The number of nitrogens with zero attached hydrogens (tertiary/aromatic N) is 2. The van der Waals surface area contributed by atoms with Crippen molar-refractivity contribution in [1.29, 1.82) is 0 Å². The number of alkyl halides is 2. The van der Waals surface area contributed by atoms with E-state index in [1.54, 1.807) is 6.92 Å². The molecule has 0 bridgehead atoms. The molecular weight excluding hydrogens is 712 g/mol. The molecule has 2 saturated carbocycles. The average molecular weight is 758 g/mol. The number of aromatic nitrogens is 1. The number of pyridine rings is 1. The van der Waals surface area contributed by atoms with Gasteiger partial charge in [-0.05, 0) is 71.3 Å². The van der Waals surface area contributed by atoms with E-state index in [2.05, 4.69) is 20.1 Å². The molecule has 3 N–H and O–H groups in total. The fourth-order valence-electron chi connectivity index (χ4n) is 7.97. The maximum Gasteiger partial charge on any atom is 0.407 e. The van der Waals surface area contributed by atoms with E-state index in [-0.39, 0.29) is 25.8 Å². The topological polar surface area (TPSA) is 173 Å². The minimum absolute atomic E-state index is 0.0351. The molecule has 1 aromatic heterocycles. The van der Waals surface area contributed by atoms with Gasteiger partial charge in [-0.25, -0.2) is 27.0 Å². The molecule has 13 nitrogen and oxygen atoms in total. The Morgan fingerprint density at radius 2 is 1.91 bits per heavy atom. The molecule has 2 aliphatic carbocycles. The smallest absolute Gasteiger partial charge is 0.407 e. The number of sulfonamides is 1. The summed E-state index contributed by atoms with van der Waals surface area (Å²) in [6, 6.07) is 5.32. The van der Waals surface area contributed by atoms with Crippen molar-refractivity contribution >= 4 is 44.7 Å². The average Bonchev–Trinajstić information content (AvgIpc) is 4.01. The summed E-state index contributed by atoms with van der Waals surface area (Å²) in [6.07, 6.45) is 4.34. The third kappa shape index (κ3) is 7.18. The van der Waals surface area contributed by atoms with Gasteiger partial charge >= 0.3 is 6.09 Å². The Labute approximate surface area is 306 Å². The van der Waals surface area contributed by atoms with Crippen molar-refractivity contribution in [2.45, 2.75) is 119 Å². The van der Waals surface area contributed by atoms with Crippen LogP contribution in [0.2, 0.25) is 0 Å². The molecule has 1 spiro atoms. The fourth-order valence-corrected chi connectivity index (χ4v) is 9.28. The highest BCUT2D eigenvalue weighted by molar-refractivity contribution is 7.91. The summed E-state index contributed by atoms with van der Waals surface area (Å²) in [5.74, 6) is -2.04. The quantitative estimate of drug-likeness (QED) is 0.369. The second kappa shape index (κ2) is 13.8. The lowest BCUT2D eigenvalue weighted by Gasteiger charge is -2.36. The van der Waals surface area contributed by atoms with Gasteiger partial charge < -0.3 is 25.0 Å². The van der Waals surface area contributed by atoms with Crippen molar-refractivity contribution in [1.82, 2.24) is 25.2 Å². The summed E-state index contributed by atoms with van der Waals surface area (Å²) in [5, 5.41) is 6.26. The summed E-state index contributed by atoms with van der Waals surface area (Å²) in [6.45, 7) is 2.21. The monoisotopic (exact) mass is 757 g/mol. The first kappa shape index (κ1) is 37.0. The molecule has 16 heteroatoms. The normalized spacial score (nSPS) is 30.1. The van der Waals surface area contributed by atoms with Gasteiger partial charge in [0.25, 0.3) is 12.3 Å². The van der Waals surface area contributed by atoms with Gasteiger partial charge in [0.15, 0.2) is 6.61 Å². The zero-order valence-electron chi connectivity index (χ0n) is 29.8. The van der Waals surface area contributed by atoms with E-state index < -0.39 is 80.8 Å². The summed E-state index contributed by atoms with van der Waals surface area (Å²) >= 11 is 0. The fraction of sp³-hybridized carbons (Fsp3) is 0.595. The number of halogens is 2. The molecule has 2 aromatic rings. The number of aryl methyl sites for hydroxylation is 2. The van der Waals surface area contributed by atoms with Crippen LogP contribution in [0.25, 0.3) is 10.9 Å². The zero-order chi connectivity index (χ0) is 37.8. The predicted molar refractivity (Wildman–Crippen MR) is 188 cm³/mol. The number of carbonyl (C=O) groups is 4. The van der Waals surface area contributed by atoms with Crippen LogP contribution in [-0.2, 0) is 35.6 Å². The standard InChI is InChI=1S/C37H45F2N5O8S/c1-22-30-25(24-11-8-9-12-26(24)40-22)14-15-36(52-30)19-28-31(45)42-37(33(47)43-53(49,50)35(2)16-17-35)18-23(37)10-6-4-3-5-7-13-27(32(46)44(28)21-36)41-34(48)51-20-29(38)39/h6,8-12,23,27-29H,3-5,7,13-21H2,1-2H3,(H,41,48)(H,42,45)(H,43,47)/b10-6-/t23-,27+,28+,36-,37-/m1/s1. The number of benzene rings is 1. The molecule has 4 heterocycles. The molecular formula is C37H45F2N5O8S. The summed E-state index contributed by atoms with van der Waals surface area (Å²) in [4.78, 5) is 61.5. The number of para-hydroxylation sites is 1. The van der Waals surface area contributed by atoms with E-state index in [0.717, 1.165) is 16.5 Å². The molecule has 53 heavy (non-hydrogen) atoms. The van der Waals surface area contributed by atoms with Gasteiger partial charge in [-0.1, -0.05) is 43.2 Å². The minimum Gasteiger partial charge on any atom is -0.483 e. The largest absolute Gasteiger partial charge is 0.483 e. The Morgan fingerprint density at radius 1 is 1.13 bits per heavy atom. The lowest BCUT2D eigenvalue weighted by molar-refractivity contribution is -0.141. The number of nitrogens with one attached hydrogen (secondary N) is 3. The van der Waals surface area contributed by atoms with E-state index >= 15 is 0 Å². The van der Waals surface area contributed by atoms with Crippen molar-refractivity contribution in [3.63, 3.8) is 0 Å². The number of amides is 4. The first-order valence-corrected chi connectivity index (χ1v) is 19.8. The van der Waals surface area contributed by atoms with E-state index in [9.17, 15) is 36.4 Å². The van der Waals surface area contributed by atoms with Gasteiger partial charge in [-0.15, -0.1) is 0 Å². The number of ether oxygens (including phenoxy) is 2. The van der Waals surface area contributed by atoms with E-state index in [1.165, 1.54) is 4.90 Å². The van der Waals surface area contributed by atoms with E-state index in [4.69, 9.17) is 9.72 Å². The van der Waals surface area contributed by atoms with Gasteiger partial charge in [0.2, 0.25) is 21.8 Å². The lowest BCUT2D eigenvalue weighted by Crippen LogP contribution is -2.58. The van der Waals surface area contributed by atoms with Crippen molar-refractivity contribution in [3.05, 3.63) is 47.7 Å². The third-order valence-corrected chi connectivity index (χ3v) is 13.7. The molecule has 1 aromatic carbocycles. The molecule has 5 aliphatic rings. The molecule has 4 amide bonds. The first-order chi connectivity index (χ1) is 25.2. The van der Waals surface area contributed by atoms with Crippen LogP contribution < -0.4 is 20.1 Å². The van der Waals surface area contributed by atoms with Gasteiger partial charge in [-0.2, -0.15) is 0 Å². The van der Waals surface area contributed by atoms with Crippen molar-refractivity contribution in [3.8, 4) is 5.75 Å². The van der Waals surface area contributed by atoms with Gasteiger partial charge in [0, 0.05) is 23.3 Å². The van der Waals surface area contributed by atoms with Crippen LogP contribution in [0, 0.1) is 12.8 Å². The van der Waals surface area contributed by atoms with Gasteiger partial charge in [0.1, 0.15) is 29.0 Å². The highest BCUT2D eigenvalue weighted by Crippen LogP contribution is 2.49. The Kier molecular flexibility index (Phi) is 9.64. The summed E-state index contributed by atoms with van der Waals surface area (Å²) in [7, 11) is -4.02. The van der Waals surface area contributed by atoms with Gasteiger partial charge in [-0.3, -0.25) is 19.1 Å². The first-order valence-electron chi connectivity index (χ1n) is 18.3. The van der Waals surface area contributed by atoms with Crippen LogP contribution in [0.3, 0.4) is 0 Å². The SMILES string of the molecule is Cc1nc2ccccc2c2c1O[C@]1(CC2)C[C@H]2C(=O)N[C@]3(C(=O)NS(=O)(=O)C4(C)CC4)C[C@H]3/C=C\CCCCC[C@H](NC(=O)OCC(F)F)C(=O)N2C1. The Bertz CT molecular complexity index is 1970. The Hall–Kier alpha value is -4.34. The van der Waals surface area contributed by atoms with Crippen LogP contribution >= 0.6 is 0 Å². The number of alkyl carbamates (subject to hydrolysis) is 1. The molecule has 0 unspecified atom stereocenters. The number of carbonyl (C=O) groups excluding carboxylic acids is 4. The minimum atomic E-state index is -4.02. The maximum atomic E-state index is 14.5. The van der Waals surface area contributed by atoms with Crippen LogP contribution in [0.15, 0.2) is 36.4 Å². The molecule has 1 saturated heterocycles. The number of fused-ring (bicyclic) bond motifs is 5. The molecule has 0 radical (unpaired) electrons. The number of rotatable bonds is 6. The van der Waals surface area contributed by atoms with Crippen molar-refractivity contribution in [2.75, 3.05) is 13.2 Å². The molecule has 3 aliphatic heterocycles. The maximum absolute atomic E-state index is 14.5. The second-order valence-corrected chi connectivity index (χ2v) is 17.6. The Morgan fingerprint density at radius 3 is 2.66 bits per heavy atom. The molecule has 7 rings (SSSR count). The number of hydrogen-bond acceptors (Lipinski definition) is 9. The van der Waals surface area contributed by atoms with Gasteiger partial charge in [0.05, 0.1) is 22.5 Å². The van der Waals surface area contributed by atoms with Crippen LogP contribution in [0.5, 0.6) is 5.75 Å². The van der Waals surface area contributed by atoms with Crippen molar-refractivity contribution in [2.24, 2.45) is 5.92 Å². The van der Waals surface area contributed by atoms with Crippen LogP contribution in [0.1, 0.15) is 82.4 Å². The molecule has 3 fully saturated rings. The third-order valence-electron chi connectivity index (χ3n) is 11.5. The highest BCUT2D eigenvalue weighted by atomic mass is 32.2. The Balaban J connectivity index is 1.22. The summed E-state index contributed by atoms with van der Waals surface area (Å²) < 4.78 is 64.6. The lowest BCUT2D eigenvalue weighted by atomic mass is 9.87. The number of hydrogen-bond donors (Lipinski definition) is 3.